The van der Waals surface area contributed by atoms with Crippen LogP contribution in [0.4, 0.5) is 0 Å². The van der Waals surface area contributed by atoms with Crippen LogP contribution in [0.5, 0.6) is 0 Å². The van der Waals surface area contributed by atoms with Crippen LogP contribution >= 0.6 is 0 Å². The van der Waals surface area contributed by atoms with Gasteiger partial charge in [-0.05, 0) is 57.1 Å². The van der Waals surface area contributed by atoms with Gasteiger partial charge in [-0.2, -0.15) is 5.26 Å². The first-order valence-electron chi connectivity index (χ1n) is 9.26. The number of pyridine rings is 1. The van der Waals surface area contributed by atoms with E-state index in [9.17, 15) is 4.79 Å². The fraction of sp³-hybridized carbons (Fsp3) is 0.526. The Labute approximate surface area is 152 Å². The first-order chi connectivity index (χ1) is 12.7. The van der Waals surface area contributed by atoms with Crippen LogP contribution in [0.1, 0.15) is 64.7 Å². The average molecular weight is 350 g/mol. The van der Waals surface area contributed by atoms with Crippen molar-refractivity contribution in [1.29, 1.82) is 5.26 Å². The normalized spacial score (nSPS) is 17.6. The predicted molar refractivity (Wildman–Crippen MR) is 94.5 cm³/mol. The van der Waals surface area contributed by atoms with Crippen LogP contribution in [0.2, 0.25) is 0 Å². The number of carbonyl (C=O) groups is 1. The fourth-order valence-electron chi connectivity index (χ4n) is 4.00. The SMILES string of the molecule is Cc1cc(C#N)cnc1C(=O)N1CCC(n2nnc3c2CCCC3)CC1. The Bertz CT molecular complexity index is 873. The molecule has 1 aliphatic carbocycles. The maximum atomic E-state index is 12.8. The van der Waals surface area contributed by atoms with E-state index in [0.717, 1.165) is 36.9 Å². The standard InChI is InChI=1S/C19H22N6O/c1-13-10-14(11-20)12-21-18(13)19(26)24-8-6-15(7-9-24)25-17-5-3-2-4-16(17)22-23-25/h10,12,15H,2-9H2,1H3. The highest BCUT2D eigenvalue weighted by atomic mass is 16.2. The van der Waals surface area contributed by atoms with Crippen molar-refractivity contribution >= 4 is 5.91 Å². The van der Waals surface area contributed by atoms with Crippen LogP contribution in [-0.2, 0) is 12.8 Å². The van der Waals surface area contributed by atoms with Crippen molar-refractivity contribution in [2.24, 2.45) is 0 Å². The molecule has 0 N–H and O–H groups in total. The molecule has 4 rings (SSSR count). The van der Waals surface area contributed by atoms with Gasteiger partial charge in [-0.15, -0.1) is 5.10 Å². The molecule has 1 saturated heterocycles. The second kappa shape index (κ2) is 6.87. The lowest BCUT2D eigenvalue weighted by Crippen LogP contribution is -2.40. The number of carbonyl (C=O) groups excluding carboxylic acids is 1. The zero-order valence-corrected chi connectivity index (χ0v) is 15.0. The first-order valence-corrected chi connectivity index (χ1v) is 9.26. The molecule has 26 heavy (non-hydrogen) atoms. The third-order valence-electron chi connectivity index (χ3n) is 5.46. The summed E-state index contributed by atoms with van der Waals surface area (Å²) < 4.78 is 2.11. The Morgan fingerprint density at radius 2 is 2.04 bits per heavy atom. The minimum atomic E-state index is -0.0499. The van der Waals surface area contributed by atoms with Gasteiger partial charge in [0.25, 0.3) is 5.91 Å². The average Bonchev–Trinajstić information content (AvgIpc) is 3.11. The van der Waals surface area contributed by atoms with Crippen molar-refractivity contribution in [3.05, 3.63) is 40.5 Å². The Kier molecular flexibility index (Phi) is 4.41. The lowest BCUT2D eigenvalue weighted by Gasteiger charge is -2.32. The number of likely N-dealkylation sites (tertiary alicyclic amines) is 1. The van der Waals surface area contributed by atoms with Crippen molar-refractivity contribution in [3.8, 4) is 6.07 Å². The summed E-state index contributed by atoms with van der Waals surface area (Å²) in [6, 6.07) is 4.10. The molecule has 134 valence electrons. The van der Waals surface area contributed by atoms with E-state index < -0.39 is 0 Å². The van der Waals surface area contributed by atoms with E-state index >= 15 is 0 Å². The topological polar surface area (TPSA) is 87.7 Å². The summed E-state index contributed by atoms with van der Waals surface area (Å²) >= 11 is 0. The third-order valence-corrected chi connectivity index (χ3v) is 5.46. The quantitative estimate of drug-likeness (QED) is 0.828. The zero-order valence-electron chi connectivity index (χ0n) is 15.0. The Morgan fingerprint density at radius 1 is 1.27 bits per heavy atom. The number of aromatic nitrogens is 4. The fourth-order valence-corrected chi connectivity index (χ4v) is 4.00. The molecule has 1 aliphatic heterocycles. The molecule has 7 heteroatoms. The molecule has 2 aromatic rings. The maximum absolute atomic E-state index is 12.8. The second-order valence-corrected chi connectivity index (χ2v) is 7.16. The van der Waals surface area contributed by atoms with E-state index in [2.05, 4.69) is 26.0 Å². The minimum Gasteiger partial charge on any atom is -0.337 e. The van der Waals surface area contributed by atoms with Gasteiger partial charge in [0.2, 0.25) is 0 Å². The third kappa shape index (κ3) is 2.96. The van der Waals surface area contributed by atoms with Gasteiger partial charge in [0.05, 0.1) is 23.0 Å². The van der Waals surface area contributed by atoms with Crippen molar-refractivity contribution < 1.29 is 4.79 Å². The zero-order chi connectivity index (χ0) is 18.1. The highest BCUT2D eigenvalue weighted by molar-refractivity contribution is 5.93. The van der Waals surface area contributed by atoms with Gasteiger partial charge < -0.3 is 4.90 Å². The van der Waals surface area contributed by atoms with E-state index in [1.807, 2.05) is 11.8 Å². The number of hydrogen-bond acceptors (Lipinski definition) is 5. The van der Waals surface area contributed by atoms with Crippen LogP contribution in [0, 0.1) is 18.3 Å². The van der Waals surface area contributed by atoms with Crippen LogP contribution in [-0.4, -0.2) is 43.9 Å². The van der Waals surface area contributed by atoms with Crippen molar-refractivity contribution in [1.82, 2.24) is 24.9 Å². The molecule has 1 amide bonds. The maximum Gasteiger partial charge on any atom is 0.272 e. The molecule has 0 radical (unpaired) electrons. The van der Waals surface area contributed by atoms with Gasteiger partial charge in [0.15, 0.2) is 0 Å². The molecular formula is C19H22N6O. The highest BCUT2D eigenvalue weighted by Crippen LogP contribution is 2.28. The molecule has 0 aromatic carbocycles. The second-order valence-electron chi connectivity index (χ2n) is 7.16. The number of piperidine rings is 1. The molecule has 7 nitrogen and oxygen atoms in total. The van der Waals surface area contributed by atoms with Crippen LogP contribution in [0.3, 0.4) is 0 Å². The minimum absolute atomic E-state index is 0.0499. The lowest BCUT2D eigenvalue weighted by molar-refractivity contribution is 0.0681. The number of hydrogen-bond donors (Lipinski definition) is 0. The van der Waals surface area contributed by atoms with Crippen molar-refractivity contribution in [2.45, 2.75) is 51.5 Å². The van der Waals surface area contributed by atoms with Gasteiger partial charge in [-0.3, -0.25) is 4.79 Å². The molecular weight excluding hydrogens is 328 g/mol. The summed E-state index contributed by atoms with van der Waals surface area (Å²) in [5.74, 6) is -0.0499. The Hall–Kier alpha value is -2.75. The van der Waals surface area contributed by atoms with Crippen LogP contribution in [0.15, 0.2) is 12.3 Å². The van der Waals surface area contributed by atoms with Gasteiger partial charge in [0.1, 0.15) is 11.8 Å². The number of amides is 1. The van der Waals surface area contributed by atoms with Gasteiger partial charge in [-0.1, -0.05) is 5.21 Å². The summed E-state index contributed by atoms with van der Waals surface area (Å²) in [5.41, 5.74) is 4.13. The number of rotatable bonds is 2. The lowest BCUT2D eigenvalue weighted by atomic mass is 9.99. The number of nitrogens with zero attached hydrogens (tertiary/aromatic N) is 6. The molecule has 1 fully saturated rings. The van der Waals surface area contributed by atoms with E-state index in [-0.39, 0.29) is 5.91 Å². The summed E-state index contributed by atoms with van der Waals surface area (Å²) in [5, 5.41) is 17.7. The molecule has 0 atom stereocenters. The number of fused-ring (bicyclic) bond motifs is 1. The number of aryl methyl sites for hydroxylation is 2. The Balaban J connectivity index is 1.44. The van der Waals surface area contributed by atoms with Crippen LogP contribution < -0.4 is 0 Å². The van der Waals surface area contributed by atoms with Gasteiger partial charge in [-0.25, -0.2) is 9.67 Å². The monoisotopic (exact) mass is 350 g/mol. The Morgan fingerprint density at radius 3 is 2.77 bits per heavy atom. The molecule has 2 aromatic heterocycles. The van der Waals surface area contributed by atoms with Crippen molar-refractivity contribution in [2.75, 3.05) is 13.1 Å². The predicted octanol–water partition coefficient (Wildman–Crippen LogP) is 2.21. The highest BCUT2D eigenvalue weighted by Gasteiger charge is 2.29. The van der Waals surface area contributed by atoms with E-state index in [1.54, 1.807) is 6.07 Å². The molecule has 0 spiro atoms. The number of nitriles is 1. The van der Waals surface area contributed by atoms with E-state index in [0.29, 0.717) is 30.4 Å². The molecule has 3 heterocycles. The molecule has 0 bridgehead atoms. The smallest absolute Gasteiger partial charge is 0.272 e. The first kappa shape index (κ1) is 16.7. The summed E-state index contributed by atoms with van der Waals surface area (Å²) in [7, 11) is 0. The molecule has 2 aliphatic rings. The van der Waals surface area contributed by atoms with E-state index in [4.69, 9.17) is 5.26 Å². The summed E-state index contributed by atoms with van der Waals surface area (Å²) in [6.07, 6.45) is 7.76. The van der Waals surface area contributed by atoms with Gasteiger partial charge in [0, 0.05) is 19.3 Å². The van der Waals surface area contributed by atoms with Crippen LogP contribution in [0.25, 0.3) is 0 Å². The summed E-state index contributed by atoms with van der Waals surface area (Å²) in [4.78, 5) is 18.9. The molecule has 0 saturated carbocycles. The molecule has 0 unspecified atom stereocenters. The largest absolute Gasteiger partial charge is 0.337 e. The van der Waals surface area contributed by atoms with E-state index in [1.165, 1.54) is 24.7 Å². The summed E-state index contributed by atoms with van der Waals surface area (Å²) in [6.45, 7) is 3.22. The van der Waals surface area contributed by atoms with Gasteiger partial charge >= 0.3 is 0 Å². The van der Waals surface area contributed by atoms with Crippen molar-refractivity contribution in [3.63, 3.8) is 0 Å².